The first-order valence-corrected chi connectivity index (χ1v) is 5.93. The second-order valence-electron chi connectivity index (χ2n) is 4.57. The topological polar surface area (TPSA) is 12.9 Å². The van der Waals surface area contributed by atoms with Crippen LogP contribution >= 0.6 is 0 Å². The van der Waals surface area contributed by atoms with Crippen molar-refractivity contribution < 1.29 is 0 Å². The van der Waals surface area contributed by atoms with Crippen molar-refractivity contribution in [1.29, 1.82) is 0 Å². The van der Waals surface area contributed by atoms with Gasteiger partial charge in [-0.05, 0) is 48.8 Å². The van der Waals surface area contributed by atoms with E-state index in [9.17, 15) is 0 Å². The monoisotopic (exact) mass is 201 g/mol. The van der Waals surface area contributed by atoms with E-state index in [0.29, 0.717) is 5.92 Å². The molecule has 0 saturated heterocycles. The maximum atomic E-state index is 4.56. The molecule has 1 heteroatoms. The fraction of sp³-hybridized carbons (Fsp3) is 0.500. The number of aromatic nitrogens is 1. The number of allylic oxidation sites excluding steroid dienone is 2. The highest BCUT2D eigenvalue weighted by molar-refractivity contribution is 5.66. The second kappa shape index (κ2) is 4.61. The Labute approximate surface area is 92.2 Å². The smallest absolute Gasteiger partial charge is 0.0692 e. The molecule has 1 aliphatic carbocycles. The number of hydrogen-bond acceptors (Lipinski definition) is 1. The van der Waals surface area contributed by atoms with Crippen molar-refractivity contribution in [3.63, 3.8) is 0 Å². The minimum absolute atomic E-state index is 0.566. The first kappa shape index (κ1) is 10.4. The van der Waals surface area contributed by atoms with Gasteiger partial charge in [0.05, 0.1) is 5.69 Å². The molecular weight excluding hydrogens is 182 g/mol. The van der Waals surface area contributed by atoms with Crippen molar-refractivity contribution in [1.82, 2.24) is 4.98 Å². The highest BCUT2D eigenvalue weighted by atomic mass is 14.7. The predicted octanol–water partition coefficient (Wildman–Crippen LogP) is 4.16. The fourth-order valence-corrected chi connectivity index (χ4v) is 2.21. The maximum absolute atomic E-state index is 4.56. The summed E-state index contributed by atoms with van der Waals surface area (Å²) in [5.74, 6) is 0.566. The average molecular weight is 201 g/mol. The van der Waals surface area contributed by atoms with E-state index in [1.165, 1.54) is 42.5 Å². The molecule has 0 aliphatic heterocycles. The summed E-state index contributed by atoms with van der Waals surface area (Å²) in [7, 11) is 0. The molecule has 1 aromatic heterocycles. The molecule has 15 heavy (non-hydrogen) atoms. The summed E-state index contributed by atoms with van der Waals surface area (Å²) in [6.07, 6.45) is 9.38. The Kier molecular flexibility index (Phi) is 3.20. The van der Waals surface area contributed by atoms with Gasteiger partial charge in [-0.1, -0.05) is 26.0 Å². The molecule has 0 spiro atoms. The van der Waals surface area contributed by atoms with Gasteiger partial charge in [-0.3, -0.25) is 4.98 Å². The fourth-order valence-electron chi connectivity index (χ4n) is 2.21. The van der Waals surface area contributed by atoms with Gasteiger partial charge in [0.15, 0.2) is 0 Å². The summed E-state index contributed by atoms with van der Waals surface area (Å²) in [5, 5.41) is 0. The van der Waals surface area contributed by atoms with Crippen LogP contribution in [0.4, 0.5) is 0 Å². The van der Waals surface area contributed by atoms with Crippen LogP contribution in [0.3, 0.4) is 0 Å². The molecule has 2 rings (SSSR count). The quantitative estimate of drug-likeness (QED) is 0.700. The van der Waals surface area contributed by atoms with E-state index in [0.717, 1.165) is 0 Å². The van der Waals surface area contributed by atoms with Crippen molar-refractivity contribution in [3.8, 4) is 0 Å². The van der Waals surface area contributed by atoms with Crippen LogP contribution in [0, 0.1) is 0 Å². The van der Waals surface area contributed by atoms with Crippen LogP contribution < -0.4 is 0 Å². The number of nitrogens with zero attached hydrogens (tertiary/aromatic N) is 1. The van der Waals surface area contributed by atoms with Crippen LogP contribution in [0.15, 0.2) is 24.4 Å². The summed E-state index contributed by atoms with van der Waals surface area (Å²) in [6, 6.07) is 4.25. The molecule has 0 N–H and O–H groups in total. The van der Waals surface area contributed by atoms with Gasteiger partial charge in [0.2, 0.25) is 0 Å². The summed E-state index contributed by atoms with van der Waals surface area (Å²) in [5.41, 5.74) is 4.10. The molecule has 0 aromatic carbocycles. The van der Waals surface area contributed by atoms with Gasteiger partial charge >= 0.3 is 0 Å². The number of pyridine rings is 1. The molecule has 1 heterocycles. The van der Waals surface area contributed by atoms with Crippen LogP contribution in [0.5, 0.6) is 0 Å². The standard InChI is InChI=1S/C14H19N/c1-11(2)13-9-6-10-15-14(13)12-7-4-3-5-8-12/h6-7,9-11H,3-5,8H2,1-2H3. The van der Waals surface area contributed by atoms with Crippen LogP contribution in [0.25, 0.3) is 5.57 Å². The van der Waals surface area contributed by atoms with Gasteiger partial charge in [-0.2, -0.15) is 0 Å². The average Bonchev–Trinajstić information content (AvgIpc) is 2.30. The normalized spacial score (nSPS) is 16.6. The van der Waals surface area contributed by atoms with Crippen LogP contribution in [0.1, 0.15) is 56.7 Å². The largest absolute Gasteiger partial charge is 0.256 e. The van der Waals surface area contributed by atoms with Crippen molar-refractivity contribution in [2.75, 3.05) is 0 Å². The molecule has 1 nitrogen and oxygen atoms in total. The highest BCUT2D eigenvalue weighted by Crippen LogP contribution is 2.30. The Morgan fingerprint density at radius 3 is 2.80 bits per heavy atom. The molecule has 0 amide bonds. The zero-order valence-corrected chi connectivity index (χ0v) is 9.66. The third-order valence-electron chi connectivity index (χ3n) is 3.06. The lowest BCUT2D eigenvalue weighted by Crippen LogP contribution is -2.01. The van der Waals surface area contributed by atoms with Crippen molar-refractivity contribution >= 4 is 5.57 Å². The van der Waals surface area contributed by atoms with Crippen molar-refractivity contribution in [2.24, 2.45) is 0 Å². The Morgan fingerprint density at radius 2 is 2.13 bits per heavy atom. The van der Waals surface area contributed by atoms with Crippen molar-refractivity contribution in [2.45, 2.75) is 45.4 Å². The number of rotatable bonds is 2. The van der Waals surface area contributed by atoms with E-state index in [1.807, 2.05) is 12.3 Å². The van der Waals surface area contributed by atoms with Gasteiger partial charge in [0.1, 0.15) is 0 Å². The Morgan fingerprint density at radius 1 is 1.27 bits per heavy atom. The van der Waals surface area contributed by atoms with E-state index in [-0.39, 0.29) is 0 Å². The van der Waals surface area contributed by atoms with Crippen LogP contribution in [-0.2, 0) is 0 Å². The lowest BCUT2D eigenvalue weighted by atomic mass is 9.91. The van der Waals surface area contributed by atoms with Crippen molar-refractivity contribution in [3.05, 3.63) is 35.7 Å². The van der Waals surface area contributed by atoms with E-state index in [1.54, 1.807) is 0 Å². The van der Waals surface area contributed by atoms with Gasteiger partial charge in [-0.15, -0.1) is 0 Å². The minimum Gasteiger partial charge on any atom is -0.256 e. The maximum Gasteiger partial charge on any atom is 0.0692 e. The third kappa shape index (κ3) is 2.28. The first-order valence-electron chi connectivity index (χ1n) is 5.93. The van der Waals surface area contributed by atoms with Gasteiger partial charge < -0.3 is 0 Å². The third-order valence-corrected chi connectivity index (χ3v) is 3.06. The molecule has 0 radical (unpaired) electrons. The zero-order chi connectivity index (χ0) is 10.7. The van der Waals surface area contributed by atoms with E-state index < -0.39 is 0 Å². The molecule has 1 aliphatic rings. The van der Waals surface area contributed by atoms with Gasteiger partial charge in [0, 0.05) is 6.20 Å². The Hall–Kier alpha value is -1.11. The van der Waals surface area contributed by atoms with Gasteiger partial charge in [0.25, 0.3) is 0 Å². The SMILES string of the molecule is CC(C)c1cccnc1C1=CCCCC1. The molecular formula is C14H19N. The Bertz CT molecular complexity index is 363. The molecule has 0 bridgehead atoms. The molecule has 80 valence electrons. The second-order valence-corrected chi connectivity index (χ2v) is 4.57. The van der Waals surface area contributed by atoms with E-state index in [4.69, 9.17) is 0 Å². The first-order chi connectivity index (χ1) is 7.29. The van der Waals surface area contributed by atoms with Gasteiger partial charge in [-0.25, -0.2) is 0 Å². The highest BCUT2D eigenvalue weighted by Gasteiger charge is 2.13. The summed E-state index contributed by atoms with van der Waals surface area (Å²) < 4.78 is 0. The molecule has 0 atom stereocenters. The van der Waals surface area contributed by atoms with E-state index >= 15 is 0 Å². The zero-order valence-electron chi connectivity index (χ0n) is 9.66. The minimum atomic E-state index is 0.566. The van der Waals surface area contributed by atoms with Crippen LogP contribution in [-0.4, -0.2) is 4.98 Å². The predicted molar refractivity (Wildman–Crippen MR) is 64.8 cm³/mol. The summed E-state index contributed by atoms with van der Waals surface area (Å²) >= 11 is 0. The molecule has 0 saturated carbocycles. The molecule has 1 aromatic rings. The van der Waals surface area contributed by atoms with E-state index in [2.05, 4.69) is 31.0 Å². The Balaban J connectivity index is 2.38. The lowest BCUT2D eigenvalue weighted by molar-refractivity contribution is 0.736. The molecule has 0 fully saturated rings. The lowest BCUT2D eigenvalue weighted by Gasteiger charge is -2.17. The molecule has 0 unspecified atom stereocenters. The summed E-state index contributed by atoms with van der Waals surface area (Å²) in [6.45, 7) is 4.48. The summed E-state index contributed by atoms with van der Waals surface area (Å²) in [4.78, 5) is 4.56. The van der Waals surface area contributed by atoms with Crippen LogP contribution in [0.2, 0.25) is 0 Å². The number of hydrogen-bond donors (Lipinski definition) is 0.